The zero-order chi connectivity index (χ0) is 25.3. The number of hydrogen-bond donors (Lipinski definition) is 3. The number of nitrogens with one attached hydrogen (secondary N) is 2. The van der Waals surface area contributed by atoms with Gasteiger partial charge in [-0.3, -0.25) is 0 Å². The van der Waals surface area contributed by atoms with Gasteiger partial charge >= 0.3 is 0 Å². The standard InChI is InChI=1S/C27H30FN7O/c1-3-27(36)11-8-18-4-7-23(32-24(18)27)33-25-19(15-29)16-30-26(34-25)31-20-5-6-21(22(28)14-20)17-9-12-35(2)13-10-17/h4-7,14,16-17,36H,3,8-13H2,1-2H3,(H2,30,31,32,33,34). The van der Waals surface area contributed by atoms with Crippen molar-refractivity contribution in [2.75, 3.05) is 30.8 Å². The van der Waals surface area contributed by atoms with Gasteiger partial charge in [0.15, 0.2) is 5.82 Å². The van der Waals surface area contributed by atoms with Crippen LogP contribution >= 0.6 is 0 Å². The van der Waals surface area contributed by atoms with E-state index in [0.29, 0.717) is 30.0 Å². The SMILES string of the molecule is CCC1(O)CCc2ccc(Nc3nc(Nc4ccc(C5CCN(C)CC5)c(F)c4)ncc3C#N)nc21. The number of hydrogen-bond acceptors (Lipinski definition) is 8. The van der Waals surface area contributed by atoms with E-state index in [-0.39, 0.29) is 29.1 Å². The number of aliphatic hydroxyl groups is 1. The molecule has 1 saturated heterocycles. The van der Waals surface area contributed by atoms with Crippen LogP contribution in [0.25, 0.3) is 0 Å². The molecule has 3 aromatic rings. The van der Waals surface area contributed by atoms with E-state index < -0.39 is 5.60 Å². The zero-order valence-electron chi connectivity index (χ0n) is 20.6. The minimum atomic E-state index is -0.937. The Bertz CT molecular complexity index is 1320. The smallest absolute Gasteiger partial charge is 0.229 e. The molecule has 0 saturated carbocycles. The van der Waals surface area contributed by atoms with Crippen LogP contribution in [-0.4, -0.2) is 45.1 Å². The van der Waals surface area contributed by atoms with E-state index in [1.54, 1.807) is 0 Å². The zero-order valence-corrected chi connectivity index (χ0v) is 20.6. The Hall–Kier alpha value is -3.61. The van der Waals surface area contributed by atoms with Gasteiger partial charge in [-0.15, -0.1) is 0 Å². The first kappa shape index (κ1) is 24.1. The molecular formula is C27H30FN7O. The Morgan fingerprint density at radius 1 is 1.19 bits per heavy atom. The molecular weight excluding hydrogens is 457 g/mol. The number of piperidine rings is 1. The molecule has 1 aliphatic heterocycles. The van der Waals surface area contributed by atoms with E-state index in [0.717, 1.165) is 43.5 Å². The Kier molecular flexibility index (Phi) is 6.56. The van der Waals surface area contributed by atoms with Crippen molar-refractivity contribution in [2.45, 2.75) is 50.5 Å². The van der Waals surface area contributed by atoms with Gasteiger partial charge in [0.1, 0.15) is 28.9 Å². The highest BCUT2D eigenvalue weighted by atomic mass is 19.1. The molecule has 186 valence electrons. The first-order valence-electron chi connectivity index (χ1n) is 12.4. The van der Waals surface area contributed by atoms with Gasteiger partial charge in [-0.2, -0.15) is 10.2 Å². The third kappa shape index (κ3) is 4.74. The van der Waals surface area contributed by atoms with Crippen molar-refractivity contribution >= 4 is 23.3 Å². The summed E-state index contributed by atoms with van der Waals surface area (Å²) in [5.41, 5.74) is 2.28. The minimum Gasteiger partial charge on any atom is -0.384 e. The van der Waals surface area contributed by atoms with Crippen LogP contribution < -0.4 is 10.6 Å². The molecule has 1 fully saturated rings. The molecule has 5 rings (SSSR count). The fraction of sp³-hybridized carbons (Fsp3) is 0.407. The summed E-state index contributed by atoms with van der Waals surface area (Å²) in [5, 5.41) is 26.6. The van der Waals surface area contributed by atoms with Crippen LogP contribution in [0.3, 0.4) is 0 Å². The molecule has 0 bridgehead atoms. The molecule has 2 aliphatic rings. The van der Waals surface area contributed by atoms with Crippen LogP contribution in [-0.2, 0) is 12.0 Å². The van der Waals surface area contributed by atoms with Crippen molar-refractivity contribution in [3.8, 4) is 6.07 Å². The Morgan fingerprint density at radius 3 is 2.72 bits per heavy atom. The van der Waals surface area contributed by atoms with Crippen molar-refractivity contribution in [1.82, 2.24) is 19.9 Å². The summed E-state index contributed by atoms with van der Waals surface area (Å²) in [6, 6.07) is 11.0. The largest absolute Gasteiger partial charge is 0.384 e. The maximum absolute atomic E-state index is 14.9. The summed E-state index contributed by atoms with van der Waals surface area (Å²) < 4.78 is 14.9. The topological polar surface area (TPSA) is 110 Å². The van der Waals surface area contributed by atoms with Gasteiger partial charge in [-0.25, -0.2) is 14.4 Å². The van der Waals surface area contributed by atoms with E-state index in [1.807, 2.05) is 31.2 Å². The van der Waals surface area contributed by atoms with Crippen LogP contribution in [0.2, 0.25) is 0 Å². The second-order valence-corrected chi connectivity index (χ2v) is 9.72. The number of halogens is 1. The highest BCUT2D eigenvalue weighted by Crippen LogP contribution is 2.39. The van der Waals surface area contributed by atoms with Crippen LogP contribution in [0, 0.1) is 17.1 Å². The third-order valence-electron chi connectivity index (χ3n) is 7.38. The minimum absolute atomic E-state index is 0.224. The van der Waals surface area contributed by atoms with Crippen molar-refractivity contribution < 1.29 is 9.50 Å². The first-order chi connectivity index (χ1) is 17.4. The van der Waals surface area contributed by atoms with Crippen LogP contribution in [0.15, 0.2) is 36.5 Å². The maximum Gasteiger partial charge on any atom is 0.229 e. The van der Waals surface area contributed by atoms with Gasteiger partial charge in [0.2, 0.25) is 5.95 Å². The quantitative estimate of drug-likeness (QED) is 0.458. The Labute approximate surface area is 210 Å². The van der Waals surface area contributed by atoms with E-state index >= 15 is 0 Å². The highest BCUT2D eigenvalue weighted by molar-refractivity contribution is 5.63. The second-order valence-electron chi connectivity index (χ2n) is 9.72. The van der Waals surface area contributed by atoms with Crippen molar-refractivity contribution in [3.63, 3.8) is 0 Å². The fourth-order valence-corrected chi connectivity index (χ4v) is 5.09. The summed E-state index contributed by atoms with van der Waals surface area (Å²) >= 11 is 0. The summed E-state index contributed by atoms with van der Waals surface area (Å²) in [7, 11) is 2.09. The Balaban J connectivity index is 1.35. The molecule has 0 radical (unpaired) electrons. The molecule has 2 aromatic heterocycles. The molecule has 36 heavy (non-hydrogen) atoms. The number of likely N-dealkylation sites (tertiary alicyclic amines) is 1. The van der Waals surface area contributed by atoms with Gasteiger partial charge in [-0.1, -0.05) is 19.1 Å². The normalized spacial score (nSPS) is 20.1. The molecule has 0 amide bonds. The number of benzene rings is 1. The number of rotatable bonds is 6. The van der Waals surface area contributed by atoms with Crippen LogP contribution in [0.1, 0.15) is 60.9 Å². The van der Waals surface area contributed by atoms with E-state index in [1.165, 1.54) is 12.3 Å². The molecule has 1 unspecified atom stereocenters. The predicted octanol–water partition coefficient (Wildman–Crippen LogP) is 4.72. The molecule has 1 aromatic carbocycles. The lowest BCUT2D eigenvalue weighted by atomic mass is 9.89. The molecule has 3 N–H and O–H groups in total. The van der Waals surface area contributed by atoms with E-state index in [4.69, 9.17) is 0 Å². The summed E-state index contributed by atoms with van der Waals surface area (Å²) in [6.45, 7) is 3.88. The van der Waals surface area contributed by atoms with Crippen LogP contribution in [0.4, 0.5) is 27.7 Å². The number of nitriles is 1. The third-order valence-corrected chi connectivity index (χ3v) is 7.38. The lowest BCUT2D eigenvalue weighted by molar-refractivity contribution is 0.0307. The molecule has 1 atom stereocenters. The highest BCUT2D eigenvalue weighted by Gasteiger charge is 2.36. The van der Waals surface area contributed by atoms with Gasteiger partial charge in [0.05, 0.1) is 11.9 Å². The first-order valence-corrected chi connectivity index (χ1v) is 12.4. The average molecular weight is 488 g/mol. The number of pyridine rings is 1. The summed E-state index contributed by atoms with van der Waals surface area (Å²) in [5.74, 6) is 0.977. The van der Waals surface area contributed by atoms with E-state index in [2.05, 4.69) is 43.6 Å². The Morgan fingerprint density at radius 2 is 2.00 bits per heavy atom. The van der Waals surface area contributed by atoms with Crippen molar-refractivity contribution in [1.29, 1.82) is 5.26 Å². The summed E-state index contributed by atoms with van der Waals surface area (Å²) in [4.78, 5) is 15.6. The predicted molar refractivity (Wildman–Crippen MR) is 136 cm³/mol. The van der Waals surface area contributed by atoms with E-state index in [9.17, 15) is 14.8 Å². The van der Waals surface area contributed by atoms with Gasteiger partial charge in [0.25, 0.3) is 0 Å². The summed E-state index contributed by atoms with van der Waals surface area (Å²) in [6.07, 6.45) is 5.31. The van der Waals surface area contributed by atoms with Gasteiger partial charge < -0.3 is 20.6 Å². The van der Waals surface area contributed by atoms with Crippen LogP contribution in [0.5, 0.6) is 0 Å². The average Bonchev–Trinajstić information content (AvgIpc) is 3.22. The van der Waals surface area contributed by atoms with Gasteiger partial charge in [-0.05, 0) is 87.5 Å². The molecule has 9 heteroatoms. The molecule has 0 spiro atoms. The number of anilines is 4. The lowest BCUT2D eigenvalue weighted by Gasteiger charge is -2.29. The number of aromatic nitrogens is 3. The fourth-order valence-electron chi connectivity index (χ4n) is 5.09. The maximum atomic E-state index is 14.9. The number of fused-ring (bicyclic) bond motifs is 1. The molecule has 8 nitrogen and oxygen atoms in total. The molecule has 3 heterocycles. The lowest BCUT2D eigenvalue weighted by Crippen LogP contribution is -2.29. The monoisotopic (exact) mass is 487 g/mol. The number of nitrogens with zero attached hydrogens (tertiary/aromatic N) is 5. The van der Waals surface area contributed by atoms with Gasteiger partial charge in [0, 0.05) is 5.69 Å². The molecule has 1 aliphatic carbocycles. The number of aryl methyl sites for hydroxylation is 1. The van der Waals surface area contributed by atoms with Crippen molar-refractivity contribution in [2.24, 2.45) is 0 Å². The van der Waals surface area contributed by atoms with Crippen molar-refractivity contribution in [3.05, 3.63) is 64.7 Å². The second kappa shape index (κ2) is 9.80.